The van der Waals surface area contributed by atoms with Crippen LogP contribution in [0.15, 0.2) is 28.9 Å². The average Bonchev–Trinajstić information content (AvgIpc) is 2.34. The lowest BCUT2D eigenvalue weighted by Crippen LogP contribution is -1.55. The van der Waals surface area contributed by atoms with Gasteiger partial charge in [-0.25, -0.2) is 0 Å². The van der Waals surface area contributed by atoms with Gasteiger partial charge in [0.1, 0.15) is 5.76 Å². The van der Waals surface area contributed by atoms with Gasteiger partial charge in [-0.3, -0.25) is 0 Å². The Hall–Kier alpha value is -1.42. The highest BCUT2D eigenvalue weighted by atomic mass is 16.3. The molecule has 0 aliphatic rings. The first-order valence-corrected chi connectivity index (χ1v) is 2.59. The van der Waals surface area contributed by atoms with Gasteiger partial charge in [0.2, 0.25) is 0 Å². The third-order valence-electron chi connectivity index (χ3n) is 0.887. The molecule has 0 radical (unpaired) electrons. The number of furan rings is 1. The summed E-state index contributed by atoms with van der Waals surface area (Å²) < 4.78 is 4.95. The van der Waals surface area contributed by atoms with Crippen molar-refractivity contribution in [2.75, 3.05) is 0 Å². The van der Waals surface area contributed by atoms with E-state index in [1.165, 1.54) is 0 Å². The van der Waals surface area contributed by atoms with Crippen molar-refractivity contribution in [1.29, 1.82) is 0 Å². The molecule has 0 aliphatic carbocycles. The van der Waals surface area contributed by atoms with Crippen molar-refractivity contribution >= 4 is 6.08 Å². The second-order valence-corrected chi connectivity index (χ2v) is 1.52. The molecule has 0 fully saturated rings. The zero-order valence-corrected chi connectivity index (χ0v) is 4.87. The molecule has 1 heteroatoms. The fraction of sp³-hybridized carbons (Fsp3) is 0. The van der Waals surface area contributed by atoms with Crippen molar-refractivity contribution in [2.24, 2.45) is 0 Å². The van der Waals surface area contributed by atoms with Crippen LogP contribution in [0.5, 0.6) is 0 Å². The summed E-state index contributed by atoms with van der Waals surface area (Å²) >= 11 is 0. The van der Waals surface area contributed by atoms with Crippen molar-refractivity contribution < 1.29 is 4.42 Å². The Labute approximate surface area is 54.0 Å². The van der Waals surface area contributed by atoms with Gasteiger partial charge in [0.15, 0.2) is 0 Å². The van der Waals surface area contributed by atoms with Crippen molar-refractivity contribution in [1.82, 2.24) is 0 Å². The summed E-state index contributed by atoms with van der Waals surface area (Å²) in [6.07, 6.45) is 9.91. The van der Waals surface area contributed by atoms with E-state index in [0.29, 0.717) is 0 Å². The molecule has 1 aromatic rings. The van der Waals surface area contributed by atoms with Crippen LogP contribution in [0, 0.1) is 12.3 Å². The van der Waals surface area contributed by atoms with Gasteiger partial charge in [-0.1, -0.05) is 5.92 Å². The van der Waals surface area contributed by atoms with Crippen LogP contribution in [0.1, 0.15) is 5.76 Å². The lowest BCUT2D eigenvalue weighted by Gasteiger charge is -1.76. The van der Waals surface area contributed by atoms with Gasteiger partial charge in [0.05, 0.1) is 6.26 Å². The molecular formula is C8H6O. The first kappa shape index (κ1) is 5.71. The van der Waals surface area contributed by atoms with Crippen LogP contribution in [0.25, 0.3) is 6.08 Å². The number of hydrogen-bond donors (Lipinski definition) is 0. The Bertz CT molecular complexity index is 224. The van der Waals surface area contributed by atoms with Gasteiger partial charge < -0.3 is 4.42 Å². The van der Waals surface area contributed by atoms with Gasteiger partial charge in [-0.15, -0.1) is 6.42 Å². The van der Waals surface area contributed by atoms with E-state index in [0.717, 1.165) is 5.76 Å². The monoisotopic (exact) mass is 118 g/mol. The second-order valence-electron chi connectivity index (χ2n) is 1.52. The maximum atomic E-state index is 4.97. The van der Waals surface area contributed by atoms with Gasteiger partial charge in [-0.05, 0) is 24.3 Å². The minimum atomic E-state index is 0.785. The van der Waals surface area contributed by atoms with Crippen molar-refractivity contribution in [2.45, 2.75) is 0 Å². The third kappa shape index (κ3) is 1.50. The van der Waals surface area contributed by atoms with E-state index in [1.807, 2.05) is 12.1 Å². The predicted octanol–water partition coefficient (Wildman–Crippen LogP) is 1.93. The molecule has 0 aliphatic heterocycles. The molecule has 0 N–H and O–H groups in total. The molecule has 1 aromatic heterocycles. The van der Waals surface area contributed by atoms with E-state index in [4.69, 9.17) is 10.8 Å². The minimum absolute atomic E-state index is 0.785. The highest BCUT2D eigenvalue weighted by Gasteiger charge is 1.82. The smallest absolute Gasteiger partial charge is 0.127 e. The SMILES string of the molecule is C#C/C=C\c1ccco1. The molecule has 1 rings (SSSR count). The molecule has 0 unspecified atom stereocenters. The number of rotatable bonds is 1. The van der Waals surface area contributed by atoms with E-state index in [1.54, 1.807) is 18.4 Å². The summed E-state index contributed by atoms with van der Waals surface area (Å²) in [4.78, 5) is 0. The first-order valence-electron chi connectivity index (χ1n) is 2.59. The van der Waals surface area contributed by atoms with Crippen LogP contribution in [-0.4, -0.2) is 0 Å². The molecule has 1 nitrogen and oxygen atoms in total. The van der Waals surface area contributed by atoms with Gasteiger partial charge >= 0.3 is 0 Å². The molecule has 0 saturated heterocycles. The average molecular weight is 118 g/mol. The van der Waals surface area contributed by atoms with E-state index >= 15 is 0 Å². The van der Waals surface area contributed by atoms with Gasteiger partial charge in [-0.2, -0.15) is 0 Å². The molecule has 9 heavy (non-hydrogen) atoms. The van der Waals surface area contributed by atoms with E-state index in [2.05, 4.69) is 5.92 Å². The number of allylic oxidation sites excluding steroid dienone is 1. The lowest BCUT2D eigenvalue weighted by molar-refractivity contribution is 0.557. The van der Waals surface area contributed by atoms with Crippen LogP contribution in [0.3, 0.4) is 0 Å². The Kier molecular flexibility index (Phi) is 1.77. The summed E-state index contributed by atoms with van der Waals surface area (Å²) in [6, 6.07) is 3.66. The number of hydrogen-bond acceptors (Lipinski definition) is 1. The summed E-state index contributed by atoms with van der Waals surface area (Å²) in [5.74, 6) is 3.15. The normalized spacial score (nSPS) is 9.67. The molecule has 1 heterocycles. The fourth-order valence-corrected chi connectivity index (χ4v) is 0.516. The first-order chi connectivity index (χ1) is 4.43. The molecule has 0 amide bonds. The Balaban J connectivity index is 2.71. The predicted molar refractivity (Wildman–Crippen MR) is 36.6 cm³/mol. The van der Waals surface area contributed by atoms with E-state index in [9.17, 15) is 0 Å². The zero-order chi connectivity index (χ0) is 6.53. The highest BCUT2D eigenvalue weighted by molar-refractivity contribution is 5.46. The number of terminal acetylenes is 1. The Morgan fingerprint density at radius 3 is 3.11 bits per heavy atom. The van der Waals surface area contributed by atoms with Crippen molar-refractivity contribution in [3.63, 3.8) is 0 Å². The Morgan fingerprint density at radius 1 is 1.67 bits per heavy atom. The van der Waals surface area contributed by atoms with Crippen LogP contribution < -0.4 is 0 Å². The minimum Gasteiger partial charge on any atom is -0.465 e. The zero-order valence-electron chi connectivity index (χ0n) is 4.87. The molecular weight excluding hydrogens is 112 g/mol. The van der Waals surface area contributed by atoms with E-state index < -0.39 is 0 Å². The fourth-order valence-electron chi connectivity index (χ4n) is 0.516. The molecule has 44 valence electrons. The third-order valence-corrected chi connectivity index (χ3v) is 0.887. The molecule has 0 aromatic carbocycles. The summed E-state index contributed by atoms with van der Waals surface area (Å²) in [7, 11) is 0. The van der Waals surface area contributed by atoms with Gasteiger partial charge in [0, 0.05) is 0 Å². The maximum Gasteiger partial charge on any atom is 0.127 e. The molecule has 0 bridgehead atoms. The summed E-state index contributed by atoms with van der Waals surface area (Å²) in [5.41, 5.74) is 0. The molecule has 0 atom stereocenters. The Morgan fingerprint density at radius 2 is 2.56 bits per heavy atom. The largest absolute Gasteiger partial charge is 0.465 e. The standard InChI is InChI=1S/C8H6O/c1-2-3-5-8-6-4-7-9-8/h1,3-7H/b5-3-. The van der Waals surface area contributed by atoms with Crippen LogP contribution in [0.4, 0.5) is 0 Å². The second kappa shape index (κ2) is 2.78. The van der Waals surface area contributed by atoms with Gasteiger partial charge in [0.25, 0.3) is 0 Å². The summed E-state index contributed by atoms with van der Waals surface area (Å²) in [5, 5.41) is 0. The summed E-state index contributed by atoms with van der Waals surface area (Å²) in [6.45, 7) is 0. The van der Waals surface area contributed by atoms with E-state index in [-0.39, 0.29) is 0 Å². The maximum absolute atomic E-state index is 4.97. The molecule has 0 saturated carbocycles. The van der Waals surface area contributed by atoms with Crippen LogP contribution >= 0.6 is 0 Å². The van der Waals surface area contributed by atoms with Crippen LogP contribution in [-0.2, 0) is 0 Å². The lowest BCUT2D eigenvalue weighted by atomic mass is 10.4. The van der Waals surface area contributed by atoms with Crippen molar-refractivity contribution in [3.05, 3.63) is 30.2 Å². The van der Waals surface area contributed by atoms with Crippen molar-refractivity contribution in [3.8, 4) is 12.3 Å². The quantitative estimate of drug-likeness (QED) is 0.513. The topological polar surface area (TPSA) is 13.1 Å². The molecule has 0 spiro atoms. The van der Waals surface area contributed by atoms with Crippen LogP contribution in [0.2, 0.25) is 0 Å². The highest BCUT2D eigenvalue weighted by Crippen LogP contribution is 2.00.